The number of aromatic nitrogens is 1. The number of rotatable bonds is 4. The molecule has 0 atom stereocenters. The van der Waals surface area contributed by atoms with Crippen LogP contribution >= 0.6 is 0 Å². The largest absolute Gasteiger partial charge is 0.308 e. The van der Waals surface area contributed by atoms with Gasteiger partial charge < -0.3 is 4.90 Å². The number of benzene rings is 4. The molecule has 2 nitrogen and oxygen atoms in total. The molecule has 0 N–H and O–H groups in total. The zero-order valence-corrected chi connectivity index (χ0v) is 20.4. The van der Waals surface area contributed by atoms with Gasteiger partial charge in [-0.2, -0.15) is 0 Å². The highest BCUT2D eigenvalue weighted by Crippen LogP contribution is 2.48. The van der Waals surface area contributed by atoms with Gasteiger partial charge in [-0.15, -0.1) is 5.73 Å². The van der Waals surface area contributed by atoms with Crippen molar-refractivity contribution in [1.29, 1.82) is 0 Å². The summed E-state index contributed by atoms with van der Waals surface area (Å²) in [4.78, 5) is 6.58. The first-order valence-electron chi connectivity index (χ1n) is 12.5. The summed E-state index contributed by atoms with van der Waals surface area (Å²) in [5, 5.41) is 2.61. The van der Waals surface area contributed by atoms with E-state index in [4.69, 9.17) is 0 Å². The predicted octanol–water partition coefficient (Wildman–Crippen LogP) is 9.18. The van der Waals surface area contributed by atoms with Gasteiger partial charge >= 0.3 is 0 Å². The molecule has 5 aromatic rings. The number of hydrogen-bond donors (Lipinski definition) is 0. The van der Waals surface area contributed by atoms with Gasteiger partial charge in [0.1, 0.15) is 0 Å². The lowest BCUT2D eigenvalue weighted by atomic mass is 9.95. The molecule has 36 heavy (non-hydrogen) atoms. The monoisotopic (exact) mass is 462 g/mol. The highest BCUT2D eigenvalue weighted by atomic mass is 15.2. The molecule has 2 aliphatic rings. The Labute approximate surface area is 212 Å². The molecule has 7 rings (SSSR count). The van der Waals surface area contributed by atoms with Crippen LogP contribution in [0, 0.1) is 0 Å². The fourth-order valence-corrected chi connectivity index (χ4v) is 5.22. The first-order valence-corrected chi connectivity index (χ1v) is 12.5. The van der Waals surface area contributed by atoms with Gasteiger partial charge in [0.05, 0.1) is 17.6 Å². The number of pyridine rings is 1. The van der Waals surface area contributed by atoms with Crippen LogP contribution in [0.1, 0.15) is 19.4 Å². The minimum Gasteiger partial charge on any atom is -0.308 e. The molecule has 0 radical (unpaired) electrons. The number of para-hydroxylation sites is 1. The van der Waals surface area contributed by atoms with Crippen molar-refractivity contribution < 1.29 is 0 Å². The van der Waals surface area contributed by atoms with Gasteiger partial charge in [-0.25, -0.2) is 0 Å². The molecule has 172 valence electrons. The van der Waals surface area contributed by atoms with Crippen molar-refractivity contribution in [1.82, 2.24) is 4.98 Å². The smallest absolute Gasteiger partial charge is 0.0645 e. The van der Waals surface area contributed by atoms with Crippen LogP contribution in [0.15, 0.2) is 133 Å². The van der Waals surface area contributed by atoms with Crippen LogP contribution in [-0.4, -0.2) is 4.98 Å². The van der Waals surface area contributed by atoms with Crippen molar-refractivity contribution in [3.05, 3.63) is 139 Å². The molecule has 0 fully saturated rings. The van der Waals surface area contributed by atoms with Crippen molar-refractivity contribution >= 4 is 27.7 Å². The van der Waals surface area contributed by atoms with Gasteiger partial charge in [-0.3, -0.25) is 4.98 Å². The van der Waals surface area contributed by atoms with E-state index in [9.17, 15) is 0 Å². The Balaban J connectivity index is 0.00000117. The standard InChI is InChI=1S/C32H20N2.C2H6/c1-2-8-23(9-3-1)34(25-10-7-19-33-21-25)24-16-15-22(20-24)26-17-18-31-28-12-5-4-11-27(28)30-14-6-13-29(26)32(30)31;1-2/h1-14,16-21H;1-2H3. The summed E-state index contributed by atoms with van der Waals surface area (Å²) >= 11 is 0. The summed E-state index contributed by atoms with van der Waals surface area (Å²) in [7, 11) is 0. The minimum atomic E-state index is 1.02. The second-order valence-electron chi connectivity index (χ2n) is 8.59. The first-order chi connectivity index (χ1) is 17.9. The average molecular weight is 463 g/mol. The maximum Gasteiger partial charge on any atom is 0.0645 e. The van der Waals surface area contributed by atoms with E-state index in [1.165, 1.54) is 38.6 Å². The molecular weight excluding hydrogens is 436 g/mol. The zero-order valence-electron chi connectivity index (χ0n) is 20.4. The molecule has 0 amide bonds. The Kier molecular flexibility index (Phi) is 5.58. The summed E-state index contributed by atoms with van der Waals surface area (Å²) < 4.78 is 0. The maximum absolute atomic E-state index is 4.36. The van der Waals surface area contributed by atoms with E-state index in [1.54, 1.807) is 6.20 Å². The van der Waals surface area contributed by atoms with Crippen molar-refractivity contribution in [2.45, 2.75) is 13.8 Å². The van der Waals surface area contributed by atoms with Crippen LogP contribution in [0.3, 0.4) is 0 Å². The maximum atomic E-state index is 4.36. The average Bonchev–Trinajstić information content (AvgIpc) is 3.56. The molecule has 2 heteroatoms. The Hall–Kier alpha value is -4.65. The van der Waals surface area contributed by atoms with E-state index >= 15 is 0 Å². The van der Waals surface area contributed by atoms with Gasteiger partial charge in [0.2, 0.25) is 0 Å². The van der Waals surface area contributed by atoms with Crippen LogP contribution in [-0.2, 0) is 0 Å². The summed E-state index contributed by atoms with van der Waals surface area (Å²) in [5.41, 5.74) is 14.3. The van der Waals surface area contributed by atoms with Crippen LogP contribution < -0.4 is 4.90 Å². The normalized spacial score (nSPS) is 12.5. The highest BCUT2D eigenvalue weighted by Gasteiger charge is 2.23. The van der Waals surface area contributed by atoms with Crippen LogP contribution in [0.2, 0.25) is 0 Å². The number of anilines is 2. The van der Waals surface area contributed by atoms with E-state index in [2.05, 4.69) is 113 Å². The van der Waals surface area contributed by atoms with Gasteiger partial charge in [-0.05, 0) is 68.9 Å². The molecule has 0 spiro atoms. The van der Waals surface area contributed by atoms with E-state index in [0.717, 1.165) is 22.6 Å². The molecule has 0 aliphatic heterocycles. The van der Waals surface area contributed by atoms with Gasteiger partial charge in [0.15, 0.2) is 0 Å². The third kappa shape index (κ3) is 3.48. The molecular formula is C34H26N2. The fourth-order valence-electron chi connectivity index (χ4n) is 5.22. The van der Waals surface area contributed by atoms with E-state index in [-0.39, 0.29) is 0 Å². The van der Waals surface area contributed by atoms with Crippen LogP contribution in [0.5, 0.6) is 0 Å². The lowest BCUT2D eigenvalue weighted by Crippen LogP contribution is -2.14. The highest BCUT2D eigenvalue weighted by molar-refractivity contribution is 6.17. The minimum absolute atomic E-state index is 1.02. The van der Waals surface area contributed by atoms with E-state index < -0.39 is 0 Å². The Bertz CT molecular complexity index is 1600. The predicted molar refractivity (Wildman–Crippen MR) is 152 cm³/mol. The topological polar surface area (TPSA) is 16.1 Å². The molecule has 1 heterocycles. The molecule has 2 aliphatic carbocycles. The Morgan fingerprint density at radius 3 is 2.03 bits per heavy atom. The molecule has 0 unspecified atom stereocenters. The Morgan fingerprint density at radius 1 is 0.611 bits per heavy atom. The second-order valence-corrected chi connectivity index (χ2v) is 8.59. The number of fused-ring (bicyclic) bond motifs is 3. The van der Waals surface area contributed by atoms with Crippen molar-refractivity contribution in [2.75, 3.05) is 4.90 Å². The molecule has 0 bridgehead atoms. The van der Waals surface area contributed by atoms with E-state index in [1.807, 2.05) is 32.2 Å². The quantitative estimate of drug-likeness (QED) is 0.243. The third-order valence-corrected chi connectivity index (χ3v) is 6.68. The summed E-state index contributed by atoms with van der Waals surface area (Å²) in [6.45, 7) is 4.00. The van der Waals surface area contributed by atoms with Gasteiger partial charge in [0.25, 0.3) is 0 Å². The van der Waals surface area contributed by atoms with Crippen LogP contribution in [0.25, 0.3) is 38.6 Å². The molecule has 0 saturated carbocycles. The van der Waals surface area contributed by atoms with Crippen molar-refractivity contribution in [2.24, 2.45) is 0 Å². The lowest BCUT2D eigenvalue weighted by Gasteiger charge is -2.24. The Morgan fingerprint density at radius 2 is 1.28 bits per heavy atom. The van der Waals surface area contributed by atoms with Gasteiger partial charge in [0, 0.05) is 23.5 Å². The number of hydrogen-bond acceptors (Lipinski definition) is 2. The molecule has 0 saturated heterocycles. The van der Waals surface area contributed by atoms with E-state index in [0.29, 0.717) is 0 Å². The molecule has 1 aromatic heterocycles. The summed E-state index contributed by atoms with van der Waals surface area (Å²) in [6.07, 6.45) is 8.01. The molecule has 4 aromatic carbocycles. The number of nitrogens with zero attached hydrogens (tertiary/aromatic N) is 2. The summed E-state index contributed by atoms with van der Waals surface area (Å²) in [5.74, 6) is 0. The lowest BCUT2D eigenvalue weighted by molar-refractivity contribution is 1.18. The fraction of sp³-hybridized carbons (Fsp3) is 0.0588. The van der Waals surface area contributed by atoms with Crippen LogP contribution in [0.4, 0.5) is 11.4 Å². The SMILES string of the molecule is C1=CC(N(c2ccccc2)c2cccnc2)=CC=1c1ccc2c3c(cccc13)-c1ccccc1-2.CC. The summed E-state index contributed by atoms with van der Waals surface area (Å²) in [6, 6.07) is 34.3. The first kappa shape index (κ1) is 21.9. The third-order valence-electron chi connectivity index (χ3n) is 6.68. The van der Waals surface area contributed by atoms with Gasteiger partial charge in [-0.1, -0.05) is 86.6 Å². The van der Waals surface area contributed by atoms with Crippen molar-refractivity contribution in [3.8, 4) is 22.3 Å². The second kappa shape index (κ2) is 9.19. The van der Waals surface area contributed by atoms with Crippen molar-refractivity contribution in [3.63, 3.8) is 0 Å². The number of allylic oxidation sites excluding steroid dienone is 2. The zero-order chi connectivity index (χ0) is 24.5.